The van der Waals surface area contributed by atoms with Gasteiger partial charge in [-0.05, 0) is 43.5 Å². The van der Waals surface area contributed by atoms with E-state index in [-0.39, 0.29) is 0 Å². The second kappa shape index (κ2) is 8.24. The lowest BCUT2D eigenvalue weighted by Crippen LogP contribution is -2.25. The predicted octanol–water partition coefficient (Wildman–Crippen LogP) is 3.95. The molecule has 0 saturated heterocycles. The first-order valence-electron chi connectivity index (χ1n) is 6.91. The van der Waals surface area contributed by atoms with Gasteiger partial charge in [-0.15, -0.1) is 0 Å². The second-order valence-corrected chi connectivity index (χ2v) is 4.83. The van der Waals surface area contributed by atoms with Crippen molar-refractivity contribution in [3.05, 3.63) is 30.1 Å². The van der Waals surface area contributed by atoms with Gasteiger partial charge in [0.25, 0.3) is 0 Å². The largest absolute Gasteiger partial charge is 0.310 e. The van der Waals surface area contributed by atoms with Crippen molar-refractivity contribution in [3.8, 4) is 0 Å². The molecule has 96 valence electrons. The molecule has 0 aromatic carbocycles. The van der Waals surface area contributed by atoms with Crippen LogP contribution in [0.2, 0.25) is 0 Å². The molecule has 0 radical (unpaired) electrons. The molecule has 0 spiro atoms. The summed E-state index contributed by atoms with van der Waals surface area (Å²) < 4.78 is 0. The third-order valence-electron chi connectivity index (χ3n) is 3.46. The molecule has 1 aromatic heterocycles. The summed E-state index contributed by atoms with van der Waals surface area (Å²) in [6, 6.07) is 4.60. The number of unbranched alkanes of at least 4 members (excludes halogenated alkanes) is 1. The molecule has 0 amide bonds. The summed E-state index contributed by atoms with van der Waals surface area (Å²) in [6.45, 7) is 7.90. The quantitative estimate of drug-likeness (QED) is 0.736. The molecule has 2 nitrogen and oxygen atoms in total. The van der Waals surface area contributed by atoms with Crippen LogP contribution in [0.3, 0.4) is 0 Å². The fourth-order valence-corrected chi connectivity index (χ4v) is 2.06. The first-order chi connectivity index (χ1) is 8.27. The van der Waals surface area contributed by atoms with Crippen molar-refractivity contribution in [2.24, 2.45) is 5.92 Å². The van der Waals surface area contributed by atoms with Crippen LogP contribution in [0.4, 0.5) is 0 Å². The first kappa shape index (κ1) is 14.2. The minimum absolute atomic E-state index is 0.425. The molecule has 0 bridgehead atoms. The van der Waals surface area contributed by atoms with E-state index in [0.29, 0.717) is 6.04 Å². The molecule has 1 unspecified atom stereocenters. The molecular weight excluding hydrogens is 208 g/mol. The van der Waals surface area contributed by atoms with E-state index < -0.39 is 0 Å². The molecule has 1 rings (SSSR count). The smallest absolute Gasteiger partial charge is 0.0293 e. The van der Waals surface area contributed by atoms with E-state index in [1.807, 2.05) is 12.4 Å². The van der Waals surface area contributed by atoms with Crippen molar-refractivity contribution in [3.63, 3.8) is 0 Å². The zero-order chi connectivity index (χ0) is 12.5. The van der Waals surface area contributed by atoms with E-state index in [1.54, 1.807) is 0 Å². The molecule has 0 aliphatic rings. The van der Waals surface area contributed by atoms with Crippen LogP contribution in [0.25, 0.3) is 0 Å². The molecule has 1 heterocycles. The molecule has 2 atom stereocenters. The number of pyridine rings is 1. The van der Waals surface area contributed by atoms with E-state index in [2.05, 4.69) is 43.2 Å². The first-order valence-corrected chi connectivity index (χ1v) is 6.91. The van der Waals surface area contributed by atoms with Gasteiger partial charge in [-0.25, -0.2) is 0 Å². The van der Waals surface area contributed by atoms with Crippen LogP contribution in [0, 0.1) is 5.92 Å². The summed E-state index contributed by atoms with van der Waals surface area (Å²) in [5.74, 6) is 0.819. The van der Waals surface area contributed by atoms with Gasteiger partial charge in [0, 0.05) is 18.4 Å². The zero-order valence-corrected chi connectivity index (χ0v) is 11.4. The average Bonchev–Trinajstić information content (AvgIpc) is 2.39. The lowest BCUT2D eigenvalue weighted by molar-refractivity contribution is 0.398. The van der Waals surface area contributed by atoms with Gasteiger partial charge in [0.15, 0.2) is 0 Å². The van der Waals surface area contributed by atoms with E-state index in [0.717, 1.165) is 12.5 Å². The van der Waals surface area contributed by atoms with Crippen LogP contribution in [0.1, 0.15) is 58.1 Å². The molecule has 0 saturated carbocycles. The van der Waals surface area contributed by atoms with Crippen LogP contribution >= 0.6 is 0 Å². The van der Waals surface area contributed by atoms with Crippen LogP contribution < -0.4 is 5.32 Å². The number of nitrogens with zero attached hydrogens (tertiary/aromatic N) is 1. The van der Waals surface area contributed by atoms with E-state index in [1.165, 1.54) is 31.2 Å². The van der Waals surface area contributed by atoms with Crippen molar-refractivity contribution in [1.82, 2.24) is 10.3 Å². The lowest BCUT2D eigenvalue weighted by Gasteiger charge is -2.19. The monoisotopic (exact) mass is 234 g/mol. The van der Waals surface area contributed by atoms with Crippen molar-refractivity contribution in [2.45, 2.75) is 52.5 Å². The maximum Gasteiger partial charge on any atom is 0.0293 e. The summed E-state index contributed by atoms with van der Waals surface area (Å²) in [7, 11) is 0. The Morgan fingerprint density at radius 3 is 2.53 bits per heavy atom. The Morgan fingerprint density at radius 1 is 1.24 bits per heavy atom. The zero-order valence-electron chi connectivity index (χ0n) is 11.4. The number of rotatable bonds is 8. The van der Waals surface area contributed by atoms with E-state index in [4.69, 9.17) is 0 Å². The summed E-state index contributed by atoms with van der Waals surface area (Å²) in [6.07, 6.45) is 9.00. The molecule has 0 aliphatic heterocycles. The van der Waals surface area contributed by atoms with E-state index >= 15 is 0 Å². The van der Waals surface area contributed by atoms with Crippen molar-refractivity contribution in [1.29, 1.82) is 0 Å². The molecule has 0 fully saturated rings. The van der Waals surface area contributed by atoms with Crippen LogP contribution in [-0.4, -0.2) is 11.5 Å². The van der Waals surface area contributed by atoms with Gasteiger partial charge in [-0.2, -0.15) is 0 Å². The summed E-state index contributed by atoms with van der Waals surface area (Å²) in [4.78, 5) is 4.05. The normalized spacial score (nSPS) is 14.5. The van der Waals surface area contributed by atoms with Crippen LogP contribution in [-0.2, 0) is 0 Å². The number of aromatic nitrogens is 1. The van der Waals surface area contributed by atoms with Crippen molar-refractivity contribution >= 4 is 0 Å². The minimum Gasteiger partial charge on any atom is -0.310 e. The maximum atomic E-state index is 4.05. The standard InChI is InChI=1S/C15H26N2/c1-4-6-7-14(5-2)12-17-13(3)15-8-10-16-11-9-15/h8-11,13-14,17H,4-7,12H2,1-3H3/t13-,14?/m1/s1. The highest BCUT2D eigenvalue weighted by atomic mass is 14.9. The maximum absolute atomic E-state index is 4.05. The number of hydrogen-bond acceptors (Lipinski definition) is 2. The molecule has 2 heteroatoms. The summed E-state index contributed by atoms with van der Waals surface area (Å²) in [5, 5.41) is 3.63. The van der Waals surface area contributed by atoms with E-state index in [9.17, 15) is 0 Å². The highest BCUT2D eigenvalue weighted by Crippen LogP contribution is 2.15. The van der Waals surface area contributed by atoms with Crippen LogP contribution in [0.5, 0.6) is 0 Å². The van der Waals surface area contributed by atoms with Gasteiger partial charge in [0.05, 0.1) is 0 Å². The minimum atomic E-state index is 0.425. The molecule has 17 heavy (non-hydrogen) atoms. The van der Waals surface area contributed by atoms with Crippen LogP contribution in [0.15, 0.2) is 24.5 Å². The Bertz CT molecular complexity index is 284. The van der Waals surface area contributed by atoms with Gasteiger partial charge in [0.1, 0.15) is 0 Å². The average molecular weight is 234 g/mol. The summed E-state index contributed by atoms with van der Waals surface area (Å²) >= 11 is 0. The number of hydrogen-bond donors (Lipinski definition) is 1. The van der Waals surface area contributed by atoms with Gasteiger partial charge >= 0.3 is 0 Å². The molecular formula is C15H26N2. The van der Waals surface area contributed by atoms with Gasteiger partial charge in [-0.3, -0.25) is 4.98 Å². The summed E-state index contributed by atoms with van der Waals surface area (Å²) in [5.41, 5.74) is 1.32. The highest BCUT2D eigenvalue weighted by molar-refractivity contribution is 5.13. The Kier molecular flexibility index (Phi) is 6.87. The van der Waals surface area contributed by atoms with Crippen molar-refractivity contribution < 1.29 is 0 Å². The number of nitrogens with one attached hydrogen (secondary N) is 1. The molecule has 0 aliphatic carbocycles. The van der Waals surface area contributed by atoms with Gasteiger partial charge in [-0.1, -0.05) is 33.1 Å². The predicted molar refractivity (Wildman–Crippen MR) is 74.0 cm³/mol. The third kappa shape index (κ3) is 5.31. The highest BCUT2D eigenvalue weighted by Gasteiger charge is 2.09. The topological polar surface area (TPSA) is 24.9 Å². The van der Waals surface area contributed by atoms with Gasteiger partial charge < -0.3 is 5.32 Å². The molecule has 1 aromatic rings. The Labute approximate surface area is 106 Å². The fraction of sp³-hybridized carbons (Fsp3) is 0.667. The lowest BCUT2D eigenvalue weighted by atomic mass is 9.98. The second-order valence-electron chi connectivity index (χ2n) is 4.83. The van der Waals surface area contributed by atoms with Gasteiger partial charge in [0.2, 0.25) is 0 Å². The Hall–Kier alpha value is -0.890. The Balaban J connectivity index is 2.33. The van der Waals surface area contributed by atoms with Crippen molar-refractivity contribution in [2.75, 3.05) is 6.54 Å². The fourth-order valence-electron chi connectivity index (χ4n) is 2.06. The Morgan fingerprint density at radius 2 is 1.94 bits per heavy atom. The SMILES string of the molecule is CCCCC(CC)CN[C@H](C)c1ccncc1. The molecule has 1 N–H and O–H groups in total. The third-order valence-corrected chi connectivity index (χ3v) is 3.46.